The van der Waals surface area contributed by atoms with Gasteiger partial charge in [-0.15, -0.1) is 0 Å². The van der Waals surface area contributed by atoms with Gasteiger partial charge in [0.25, 0.3) is 5.91 Å². The molecule has 2 heterocycles. The topological polar surface area (TPSA) is 32.8 Å². The van der Waals surface area contributed by atoms with Crippen LogP contribution in [-0.4, -0.2) is 55.1 Å². The van der Waals surface area contributed by atoms with E-state index in [4.69, 9.17) is 16.3 Å². The first-order chi connectivity index (χ1) is 13.2. The third-order valence-corrected chi connectivity index (χ3v) is 6.11. The Balaban J connectivity index is 1.55. The normalized spacial score (nSPS) is 20.4. The number of hydrogen-bond acceptors (Lipinski definition) is 3. The van der Waals surface area contributed by atoms with E-state index in [1.54, 1.807) is 12.1 Å². The molecule has 2 saturated heterocycles. The molecule has 27 heavy (non-hydrogen) atoms. The molecule has 0 N–H and O–H groups in total. The molecule has 0 bridgehead atoms. The van der Waals surface area contributed by atoms with Gasteiger partial charge in [-0.3, -0.25) is 9.69 Å². The molecule has 2 aliphatic heterocycles. The number of nitrogens with zero attached hydrogens (tertiary/aromatic N) is 2. The zero-order valence-corrected chi connectivity index (χ0v) is 16.2. The van der Waals surface area contributed by atoms with E-state index >= 15 is 0 Å². The van der Waals surface area contributed by atoms with Gasteiger partial charge in [-0.05, 0) is 36.6 Å². The van der Waals surface area contributed by atoms with Gasteiger partial charge in [-0.1, -0.05) is 48.0 Å². The molecule has 142 valence electrons. The van der Waals surface area contributed by atoms with Crippen LogP contribution >= 0.6 is 11.6 Å². The molecule has 0 atom stereocenters. The maximum atomic E-state index is 12.9. The highest BCUT2D eigenvalue weighted by molar-refractivity contribution is 6.30. The molecule has 2 aromatic rings. The van der Waals surface area contributed by atoms with E-state index in [9.17, 15) is 4.79 Å². The minimum absolute atomic E-state index is 0.0177. The summed E-state index contributed by atoms with van der Waals surface area (Å²) in [4.78, 5) is 17.4. The van der Waals surface area contributed by atoms with Gasteiger partial charge in [0.15, 0.2) is 0 Å². The van der Waals surface area contributed by atoms with Gasteiger partial charge >= 0.3 is 0 Å². The average Bonchev–Trinajstić information content (AvgIpc) is 2.74. The minimum Gasteiger partial charge on any atom is -0.379 e. The van der Waals surface area contributed by atoms with Crippen LogP contribution in [0.25, 0.3) is 0 Å². The Morgan fingerprint density at radius 2 is 1.63 bits per heavy atom. The van der Waals surface area contributed by atoms with Crippen molar-refractivity contribution < 1.29 is 9.53 Å². The summed E-state index contributed by atoms with van der Waals surface area (Å²) in [5, 5.41) is 0.602. The van der Waals surface area contributed by atoms with Crippen molar-refractivity contribution in [3.8, 4) is 0 Å². The molecule has 1 amide bonds. The summed E-state index contributed by atoms with van der Waals surface area (Å²) in [6.45, 7) is 4.93. The lowest BCUT2D eigenvalue weighted by Crippen LogP contribution is -2.57. The molecule has 0 aromatic heterocycles. The largest absolute Gasteiger partial charge is 0.379 e. The average molecular weight is 385 g/mol. The SMILES string of the molecule is O=C(c1cccc(Cl)c1)N1CCC(c2ccccc2)(N2CCOCC2)CC1. The molecule has 2 fully saturated rings. The van der Waals surface area contributed by atoms with Gasteiger partial charge in [0, 0.05) is 42.3 Å². The fraction of sp³-hybridized carbons (Fsp3) is 0.409. The summed E-state index contributed by atoms with van der Waals surface area (Å²) in [5.41, 5.74) is 2.00. The molecule has 0 unspecified atom stereocenters. The standard InChI is InChI=1S/C22H25ClN2O2/c23-20-8-4-5-18(17-20)21(26)24-11-9-22(10-12-24,19-6-2-1-3-7-19)25-13-15-27-16-14-25/h1-8,17H,9-16H2. The summed E-state index contributed by atoms with van der Waals surface area (Å²) >= 11 is 6.07. The second kappa shape index (κ2) is 8.01. The van der Waals surface area contributed by atoms with Crippen molar-refractivity contribution in [3.63, 3.8) is 0 Å². The van der Waals surface area contributed by atoms with Crippen LogP contribution in [0.1, 0.15) is 28.8 Å². The van der Waals surface area contributed by atoms with Crippen LogP contribution in [0.5, 0.6) is 0 Å². The van der Waals surface area contributed by atoms with Crippen molar-refractivity contribution in [2.45, 2.75) is 18.4 Å². The van der Waals surface area contributed by atoms with Gasteiger partial charge in [-0.25, -0.2) is 0 Å². The molecular weight excluding hydrogens is 360 g/mol. The Morgan fingerprint density at radius 1 is 0.926 bits per heavy atom. The van der Waals surface area contributed by atoms with Crippen molar-refractivity contribution in [2.75, 3.05) is 39.4 Å². The molecule has 4 nitrogen and oxygen atoms in total. The van der Waals surface area contributed by atoms with E-state index in [0.717, 1.165) is 52.2 Å². The summed E-state index contributed by atoms with van der Waals surface area (Å²) in [5.74, 6) is 0.0705. The molecule has 0 aliphatic carbocycles. The number of likely N-dealkylation sites (tertiary alicyclic amines) is 1. The van der Waals surface area contributed by atoms with Crippen LogP contribution in [0.3, 0.4) is 0 Å². The van der Waals surface area contributed by atoms with Crippen molar-refractivity contribution >= 4 is 17.5 Å². The third-order valence-electron chi connectivity index (χ3n) is 5.88. The zero-order valence-electron chi connectivity index (χ0n) is 15.4. The Morgan fingerprint density at radius 3 is 2.30 bits per heavy atom. The second-order valence-corrected chi connectivity index (χ2v) is 7.74. The number of ether oxygens (including phenoxy) is 1. The lowest BCUT2D eigenvalue weighted by molar-refractivity contribution is -0.0482. The first-order valence-electron chi connectivity index (χ1n) is 9.62. The fourth-order valence-corrected chi connectivity index (χ4v) is 4.60. The van der Waals surface area contributed by atoms with Gasteiger partial charge in [-0.2, -0.15) is 0 Å². The quantitative estimate of drug-likeness (QED) is 0.806. The van der Waals surface area contributed by atoms with E-state index in [1.165, 1.54) is 5.56 Å². The van der Waals surface area contributed by atoms with Crippen LogP contribution in [0, 0.1) is 0 Å². The summed E-state index contributed by atoms with van der Waals surface area (Å²) < 4.78 is 5.58. The minimum atomic E-state index is -0.0177. The number of hydrogen-bond donors (Lipinski definition) is 0. The van der Waals surface area contributed by atoms with E-state index in [0.29, 0.717) is 10.6 Å². The summed E-state index contributed by atoms with van der Waals surface area (Å²) in [6.07, 6.45) is 1.87. The molecule has 4 rings (SSSR count). The van der Waals surface area contributed by atoms with Gasteiger partial charge in [0.1, 0.15) is 0 Å². The highest BCUT2D eigenvalue weighted by Crippen LogP contribution is 2.39. The summed E-state index contributed by atoms with van der Waals surface area (Å²) in [7, 11) is 0. The molecule has 5 heteroatoms. The van der Waals surface area contributed by atoms with Crippen LogP contribution in [0.4, 0.5) is 0 Å². The van der Waals surface area contributed by atoms with Crippen LogP contribution in [0.2, 0.25) is 5.02 Å². The number of halogens is 1. The Hall–Kier alpha value is -1.88. The van der Waals surface area contributed by atoms with Crippen molar-refractivity contribution in [3.05, 3.63) is 70.7 Å². The highest BCUT2D eigenvalue weighted by atomic mass is 35.5. The Bertz CT molecular complexity index is 782. The van der Waals surface area contributed by atoms with E-state index < -0.39 is 0 Å². The molecule has 0 radical (unpaired) electrons. The van der Waals surface area contributed by atoms with Crippen molar-refractivity contribution in [1.29, 1.82) is 0 Å². The first-order valence-corrected chi connectivity index (χ1v) is 10.00. The number of benzene rings is 2. The molecule has 0 saturated carbocycles. The van der Waals surface area contributed by atoms with Crippen molar-refractivity contribution in [2.24, 2.45) is 0 Å². The second-order valence-electron chi connectivity index (χ2n) is 7.30. The lowest BCUT2D eigenvalue weighted by atomic mass is 9.79. The van der Waals surface area contributed by atoms with E-state index in [2.05, 4.69) is 35.2 Å². The van der Waals surface area contributed by atoms with Gasteiger partial charge in [0.05, 0.1) is 13.2 Å². The zero-order chi connectivity index (χ0) is 18.7. The number of morpholine rings is 1. The number of rotatable bonds is 3. The summed E-state index contributed by atoms with van der Waals surface area (Å²) in [6, 6.07) is 18.0. The fourth-order valence-electron chi connectivity index (χ4n) is 4.41. The van der Waals surface area contributed by atoms with Crippen molar-refractivity contribution in [1.82, 2.24) is 9.80 Å². The smallest absolute Gasteiger partial charge is 0.253 e. The maximum Gasteiger partial charge on any atom is 0.253 e. The maximum absolute atomic E-state index is 12.9. The van der Waals surface area contributed by atoms with E-state index in [-0.39, 0.29) is 11.4 Å². The molecule has 2 aliphatic rings. The lowest BCUT2D eigenvalue weighted by Gasteiger charge is -2.50. The van der Waals surface area contributed by atoms with E-state index in [1.807, 2.05) is 17.0 Å². The van der Waals surface area contributed by atoms with Gasteiger partial charge < -0.3 is 9.64 Å². The van der Waals surface area contributed by atoms with Gasteiger partial charge in [0.2, 0.25) is 0 Å². The Kier molecular flexibility index (Phi) is 5.48. The number of amides is 1. The van der Waals surface area contributed by atoms with Crippen LogP contribution in [-0.2, 0) is 10.3 Å². The number of carbonyl (C=O) groups is 1. The molecule has 0 spiro atoms. The Labute approximate surface area is 165 Å². The molecule has 2 aromatic carbocycles. The highest BCUT2D eigenvalue weighted by Gasteiger charge is 2.42. The monoisotopic (exact) mass is 384 g/mol. The first kappa shape index (κ1) is 18.5. The molecular formula is C22H25ClN2O2. The van der Waals surface area contributed by atoms with Crippen LogP contribution < -0.4 is 0 Å². The van der Waals surface area contributed by atoms with Crippen LogP contribution in [0.15, 0.2) is 54.6 Å². The number of piperidine rings is 1. The predicted molar refractivity (Wildman–Crippen MR) is 107 cm³/mol. The third kappa shape index (κ3) is 3.75. The predicted octanol–water partition coefficient (Wildman–Crippen LogP) is 3.80. The number of carbonyl (C=O) groups excluding carboxylic acids is 1.